The van der Waals surface area contributed by atoms with Crippen molar-refractivity contribution in [3.63, 3.8) is 0 Å². The van der Waals surface area contributed by atoms with Crippen molar-refractivity contribution < 1.29 is 5.11 Å². The highest BCUT2D eigenvalue weighted by Crippen LogP contribution is 2.19. The number of aliphatic hydroxyl groups excluding tert-OH is 1. The number of aliphatic hydroxyl groups is 1. The van der Waals surface area contributed by atoms with Crippen LogP contribution in [0.15, 0.2) is 18.2 Å². The molecule has 0 saturated heterocycles. The summed E-state index contributed by atoms with van der Waals surface area (Å²) in [6.07, 6.45) is 0.775. The van der Waals surface area contributed by atoms with Crippen molar-refractivity contribution in [3.05, 3.63) is 34.9 Å². The van der Waals surface area contributed by atoms with Gasteiger partial charge in [-0.3, -0.25) is 0 Å². The van der Waals surface area contributed by atoms with E-state index in [0.29, 0.717) is 0 Å². The molecule has 0 bridgehead atoms. The number of benzene rings is 1. The summed E-state index contributed by atoms with van der Waals surface area (Å²) in [5, 5.41) is 12.4. The molecule has 2 heteroatoms. The van der Waals surface area contributed by atoms with Crippen LogP contribution in [0.2, 0.25) is 0 Å². The molecule has 0 radical (unpaired) electrons. The molecule has 1 rings (SSSR count). The summed E-state index contributed by atoms with van der Waals surface area (Å²) in [6.45, 7) is 7.46. The van der Waals surface area contributed by atoms with Crippen molar-refractivity contribution in [2.75, 3.05) is 13.2 Å². The van der Waals surface area contributed by atoms with Gasteiger partial charge in [0.2, 0.25) is 0 Å². The van der Waals surface area contributed by atoms with E-state index >= 15 is 0 Å². The van der Waals surface area contributed by atoms with Gasteiger partial charge in [0.15, 0.2) is 0 Å². The van der Waals surface area contributed by atoms with Crippen LogP contribution in [0, 0.1) is 13.8 Å². The van der Waals surface area contributed by atoms with E-state index in [4.69, 9.17) is 5.11 Å². The van der Waals surface area contributed by atoms with Gasteiger partial charge in [0, 0.05) is 12.6 Å². The fourth-order valence-corrected chi connectivity index (χ4v) is 1.97. The normalized spacial score (nSPS) is 12.8. The van der Waals surface area contributed by atoms with Crippen LogP contribution in [0.3, 0.4) is 0 Å². The average molecular weight is 207 g/mol. The SMILES string of the molecule is CCNC(CCO)c1cc(C)cc(C)c1. The van der Waals surface area contributed by atoms with E-state index in [1.807, 2.05) is 0 Å². The van der Waals surface area contributed by atoms with Crippen LogP contribution >= 0.6 is 0 Å². The minimum Gasteiger partial charge on any atom is -0.396 e. The first-order valence-corrected chi connectivity index (χ1v) is 5.59. The second-order valence-electron chi connectivity index (χ2n) is 4.04. The molecule has 0 aromatic heterocycles. The Labute approximate surface area is 92.3 Å². The zero-order chi connectivity index (χ0) is 11.3. The van der Waals surface area contributed by atoms with Gasteiger partial charge in [-0.25, -0.2) is 0 Å². The largest absolute Gasteiger partial charge is 0.396 e. The first-order chi connectivity index (χ1) is 7.17. The summed E-state index contributed by atoms with van der Waals surface area (Å²) in [5.41, 5.74) is 3.85. The second-order valence-corrected chi connectivity index (χ2v) is 4.04. The highest BCUT2D eigenvalue weighted by molar-refractivity contribution is 5.30. The molecule has 0 aliphatic heterocycles. The maximum atomic E-state index is 9.02. The van der Waals surface area contributed by atoms with Crippen LogP contribution in [-0.4, -0.2) is 18.3 Å². The molecule has 0 aliphatic carbocycles. The van der Waals surface area contributed by atoms with Crippen LogP contribution in [0.5, 0.6) is 0 Å². The molecular formula is C13H21NO. The monoisotopic (exact) mass is 207 g/mol. The first kappa shape index (κ1) is 12.2. The third-order valence-corrected chi connectivity index (χ3v) is 2.51. The van der Waals surface area contributed by atoms with E-state index < -0.39 is 0 Å². The van der Waals surface area contributed by atoms with Crippen molar-refractivity contribution in [2.45, 2.75) is 33.2 Å². The summed E-state index contributed by atoms with van der Waals surface area (Å²) >= 11 is 0. The van der Waals surface area contributed by atoms with E-state index in [1.165, 1.54) is 16.7 Å². The van der Waals surface area contributed by atoms with Crippen molar-refractivity contribution in [3.8, 4) is 0 Å². The Morgan fingerprint density at radius 2 is 1.80 bits per heavy atom. The standard InChI is InChI=1S/C13H21NO/c1-4-14-13(5-6-15)12-8-10(2)7-11(3)9-12/h7-9,13-15H,4-6H2,1-3H3. The van der Waals surface area contributed by atoms with Crippen molar-refractivity contribution in [2.24, 2.45) is 0 Å². The number of nitrogens with one attached hydrogen (secondary N) is 1. The zero-order valence-electron chi connectivity index (χ0n) is 9.88. The smallest absolute Gasteiger partial charge is 0.0449 e. The maximum Gasteiger partial charge on any atom is 0.0449 e. The molecule has 0 fully saturated rings. The van der Waals surface area contributed by atoms with E-state index in [2.05, 4.69) is 44.3 Å². The van der Waals surface area contributed by atoms with E-state index in [-0.39, 0.29) is 12.6 Å². The fourth-order valence-electron chi connectivity index (χ4n) is 1.97. The van der Waals surface area contributed by atoms with Crippen LogP contribution in [0.1, 0.15) is 36.1 Å². The average Bonchev–Trinajstić information content (AvgIpc) is 2.16. The quantitative estimate of drug-likeness (QED) is 0.776. The number of aryl methyl sites for hydroxylation is 2. The molecule has 2 nitrogen and oxygen atoms in total. The molecule has 1 unspecified atom stereocenters. The van der Waals surface area contributed by atoms with E-state index in [9.17, 15) is 0 Å². The lowest BCUT2D eigenvalue weighted by molar-refractivity contribution is 0.266. The van der Waals surface area contributed by atoms with E-state index in [0.717, 1.165) is 13.0 Å². The molecule has 15 heavy (non-hydrogen) atoms. The summed E-state index contributed by atoms with van der Waals surface area (Å²) in [6, 6.07) is 6.83. The predicted octanol–water partition coefficient (Wildman–Crippen LogP) is 2.34. The second kappa shape index (κ2) is 5.89. The van der Waals surface area contributed by atoms with Gasteiger partial charge in [-0.2, -0.15) is 0 Å². The number of hydrogen-bond donors (Lipinski definition) is 2. The summed E-state index contributed by atoms with van der Waals surface area (Å²) in [7, 11) is 0. The summed E-state index contributed by atoms with van der Waals surface area (Å²) in [4.78, 5) is 0. The molecule has 0 saturated carbocycles. The lowest BCUT2D eigenvalue weighted by Gasteiger charge is -2.18. The molecule has 0 spiro atoms. The Balaban J connectivity index is 2.88. The molecule has 0 aliphatic rings. The molecule has 1 aromatic rings. The molecule has 0 heterocycles. The lowest BCUT2D eigenvalue weighted by atomic mass is 9.99. The Bertz CT molecular complexity index is 283. The van der Waals surface area contributed by atoms with Crippen molar-refractivity contribution >= 4 is 0 Å². The molecule has 1 atom stereocenters. The van der Waals surface area contributed by atoms with Gasteiger partial charge in [-0.1, -0.05) is 36.2 Å². The lowest BCUT2D eigenvalue weighted by Crippen LogP contribution is -2.22. The van der Waals surface area contributed by atoms with Crippen molar-refractivity contribution in [1.82, 2.24) is 5.32 Å². The third kappa shape index (κ3) is 3.65. The fraction of sp³-hybridized carbons (Fsp3) is 0.538. The summed E-state index contributed by atoms with van der Waals surface area (Å²) in [5.74, 6) is 0. The third-order valence-electron chi connectivity index (χ3n) is 2.51. The Morgan fingerprint density at radius 3 is 2.27 bits per heavy atom. The first-order valence-electron chi connectivity index (χ1n) is 5.59. The zero-order valence-corrected chi connectivity index (χ0v) is 9.88. The van der Waals surface area contributed by atoms with Gasteiger partial charge >= 0.3 is 0 Å². The van der Waals surface area contributed by atoms with Gasteiger partial charge in [0.1, 0.15) is 0 Å². The molecule has 2 N–H and O–H groups in total. The van der Waals surface area contributed by atoms with Crippen LogP contribution < -0.4 is 5.32 Å². The van der Waals surface area contributed by atoms with Gasteiger partial charge in [0.05, 0.1) is 0 Å². The Morgan fingerprint density at radius 1 is 1.20 bits per heavy atom. The van der Waals surface area contributed by atoms with Gasteiger partial charge < -0.3 is 10.4 Å². The van der Waals surface area contributed by atoms with E-state index in [1.54, 1.807) is 0 Å². The minimum atomic E-state index is 0.227. The highest BCUT2D eigenvalue weighted by Gasteiger charge is 2.09. The van der Waals surface area contributed by atoms with Crippen LogP contribution in [0.4, 0.5) is 0 Å². The predicted molar refractivity (Wildman–Crippen MR) is 64.0 cm³/mol. The number of rotatable bonds is 5. The van der Waals surface area contributed by atoms with Gasteiger partial charge in [-0.05, 0) is 32.4 Å². The molecular weight excluding hydrogens is 186 g/mol. The topological polar surface area (TPSA) is 32.3 Å². The van der Waals surface area contributed by atoms with Gasteiger partial charge in [0.25, 0.3) is 0 Å². The maximum absolute atomic E-state index is 9.02. The minimum absolute atomic E-state index is 0.227. The van der Waals surface area contributed by atoms with Crippen molar-refractivity contribution in [1.29, 1.82) is 0 Å². The Hall–Kier alpha value is -0.860. The van der Waals surface area contributed by atoms with Gasteiger partial charge in [-0.15, -0.1) is 0 Å². The van der Waals surface area contributed by atoms with Crippen LogP contribution in [-0.2, 0) is 0 Å². The van der Waals surface area contributed by atoms with Crippen LogP contribution in [0.25, 0.3) is 0 Å². The molecule has 0 amide bonds. The molecule has 1 aromatic carbocycles. The Kier molecular flexibility index (Phi) is 4.79. The summed E-state index contributed by atoms with van der Waals surface area (Å²) < 4.78 is 0. The number of hydrogen-bond acceptors (Lipinski definition) is 2. The molecule has 84 valence electrons. The highest BCUT2D eigenvalue weighted by atomic mass is 16.3.